The normalized spacial score (nSPS) is 13.9. The van der Waals surface area contributed by atoms with E-state index >= 15 is 0 Å². The zero-order valence-corrected chi connectivity index (χ0v) is 42.4. The molecule has 0 aliphatic heterocycles. The van der Waals surface area contributed by atoms with E-state index in [9.17, 15) is 84.9 Å². The maximum Gasteiger partial charge on any atom is 0.252 e. The molecule has 0 bridgehead atoms. The highest BCUT2D eigenvalue weighted by Crippen LogP contribution is 2.37. The molecule has 0 radical (unpaired) electrons. The lowest BCUT2D eigenvalue weighted by atomic mass is 9.89. The van der Waals surface area contributed by atoms with E-state index < -0.39 is 144 Å². The van der Waals surface area contributed by atoms with E-state index in [2.05, 4.69) is 21.3 Å². The molecule has 0 fully saturated rings. The summed E-state index contributed by atoms with van der Waals surface area (Å²) in [5.41, 5.74) is -0.194. The van der Waals surface area contributed by atoms with Crippen LogP contribution in [-0.4, -0.2) is 200 Å². The van der Waals surface area contributed by atoms with Gasteiger partial charge in [0.1, 0.15) is 18.3 Å². The van der Waals surface area contributed by atoms with Gasteiger partial charge in [0.25, 0.3) is 23.6 Å². The summed E-state index contributed by atoms with van der Waals surface area (Å²) < 4.78 is 0. The Morgan fingerprint density at radius 3 is 0.771 bits per heavy atom. The Morgan fingerprint density at radius 2 is 0.600 bits per heavy atom. The van der Waals surface area contributed by atoms with Crippen molar-refractivity contribution in [1.29, 1.82) is 0 Å². The molecule has 23 heteroatoms. The molecule has 0 aromatic heterocycles. The van der Waals surface area contributed by atoms with Gasteiger partial charge in [0.2, 0.25) is 11.8 Å². The molecule has 398 valence electrons. The maximum atomic E-state index is 13.6. The lowest BCUT2D eigenvalue weighted by Crippen LogP contribution is -2.51. The van der Waals surface area contributed by atoms with Crippen LogP contribution in [0.5, 0.6) is 0 Å². The van der Waals surface area contributed by atoms with Crippen molar-refractivity contribution < 1.29 is 84.9 Å². The molecule has 0 aliphatic rings. The number of amides is 6. The average molecular weight is 999 g/mol. The SMILES string of the molecule is CC.CC.CC(=O)N(CC(O)C(O)C(O)CN(C(C)=O)c1c(C)c(C(=O)NCC(O)CO)c(C)c(C(=O)NCC(O)CO)c1C)c1c(C)c(C(=O)NCC(O)CO)c(C)c(C(=O)NCC(O)CO)c1C. The van der Waals surface area contributed by atoms with Gasteiger partial charge in [0.05, 0.1) is 75.3 Å². The minimum Gasteiger partial charge on any atom is -0.394 e. The Kier molecular flexibility index (Phi) is 28.9. The Morgan fingerprint density at radius 1 is 0.400 bits per heavy atom. The second-order valence-corrected chi connectivity index (χ2v) is 16.0. The fourth-order valence-corrected chi connectivity index (χ4v) is 7.64. The Bertz CT molecular complexity index is 1840. The molecule has 0 saturated heterocycles. The predicted molar refractivity (Wildman–Crippen MR) is 260 cm³/mol. The number of benzene rings is 2. The van der Waals surface area contributed by atoms with E-state index in [1.165, 1.54) is 41.5 Å². The Hall–Kier alpha value is -5.18. The van der Waals surface area contributed by atoms with Gasteiger partial charge >= 0.3 is 0 Å². The summed E-state index contributed by atoms with van der Waals surface area (Å²) in [7, 11) is 0. The number of nitrogens with one attached hydrogen (secondary N) is 4. The molecule has 2 aromatic carbocycles. The highest BCUT2D eigenvalue weighted by Gasteiger charge is 2.36. The van der Waals surface area contributed by atoms with Gasteiger partial charge in [0, 0.05) is 62.3 Å². The minimum absolute atomic E-state index is 0.0829. The Balaban J connectivity index is 0.0000116. The number of aliphatic hydroxyl groups is 11. The van der Waals surface area contributed by atoms with Crippen molar-refractivity contribution in [3.05, 3.63) is 55.6 Å². The third kappa shape index (κ3) is 17.0. The number of nitrogens with zero attached hydrogens (tertiary/aromatic N) is 2. The van der Waals surface area contributed by atoms with Gasteiger partial charge in [-0.1, -0.05) is 27.7 Å². The van der Waals surface area contributed by atoms with Crippen LogP contribution in [0.3, 0.4) is 0 Å². The summed E-state index contributed by atoms with van der Waals surface area (Å²) in [6.45, 7) is 12.8. The quantitative estimate of drug-likeness (QED) is 0.0513. The summed E-state index contributed by atoms with van der Waals surface area (Å²) in [6.07, 6.45) is -11.6. The number of aliphatic hydroxyl groups excluding tert-OH is 11. The summed E-state index contributed by atoms with van der Waals surface area (Å²) in [6, 6.07) is 0. The van der Waals surface area contributed by atoms with Gasteiger partial charge in [-0.3, -0.25) is 28.8 Å². The van der Waals surface area contributed by atoms with Gasteiger partial charge in [-0.05, 0) is 74.9 Å². The van der Waals surface area contributed by atoms with E-state index in [0.29, 0.717) is 0 Å². The molecule has 2 aromatic rings. The first-order valence-electron chi connectivity index (χ1n) is 23.0. The van der Waals surface area contributed by atoms with Crippen molar-refractivity contribution in [1.82, 2.24) is 21.3 Å². The van der Waals surface area contributed by atoms with Crippen LogP contribution < -0.4 is 31.1 Å². The molecule has 0 aliphatic carbocycles. The van der Waals surface area contributed by atoms with Crippen LogP contribution in [0, 0.1) is 41.5 Å². The first kappa shape index (κ1) is 64.8. The third-order valence-electron chi connectivity index (χ3n) is 11.0. The van der Waals surface area contributed by atoms with Crippen LogP contribution in [0.1, 0.15) is 116 Å². The fourth-order valence-electron chi connectivity index (χ4n) is 7.64. The van der Waals surface area contributed by atoms with Crippen LogP contribution in [0.25, 0.3) is 0 Å². The highest BCUT2D eigenvalue weighted by molar-refractivity contribution is 6.09. The van der Waals surface area contributed by atoms with Crippen LogP contribution in [0.15, 0.2) is 0 Å². The van der Waals surface area contributed by atoms with Crippen molar-refractivity contribution in [2.45, 2.75) is 126 Å². The number of anilines is 2. The van der Waals surface area contributed by atoms with Gasteiger partial charge in [0.15, 0.2) is 0 Å². The fraction of sp³-hybridized carbons (Fsp3) is 0.617. The van der Waals surface area contributed by atoms with E-state index in [-0.39, 0.29) is 67.0 Å². The predicted octanol–water partition coefficient (Wildman–Crippen LogP) is -2.59. The van der Waals surface area contributed by atoms with E-state index in [1.807, 2.05) is 27.7 Å². The molecule has 15 N–H and O–H groups in total. The standard InChI is InChI=1S/C43H66N6O17.2C2H6/c1-19-33(40(63)44-9-27(56)15-50)21(3)37(22(4)34(19)41(64)45-10-28(57)16-51)48(25(7)54)13-31(60)39(62)32(61)14-49(26(8)55)38-23(5)35(42(65)46-11-29(58)17-52)20(2)36(24(38)6)43(66)47-12-30(59)18-53;2*1-2/h27-32,39,50-53,56-62H,9-18H2,1-8H3,(H,44,63)(H,45,64)(H,46,65)(H,47,66);2*1-2H3. The lowest BCUT2D eigenvalue weighted by Gasteiger charge is -2.34. The van der Waals surface area contributed by atoms with Crippen LogP contribution in [0.4, 0.5) is 11.4 Å². The minimum atomic E-state index is -2.15. The van der Waals surface area contributed by atoms with E-state index in [0.717, 1.165) is 23.6 Å². The average Bonchev–Trinajstić information content (AvgIpc) is 3.32. The first-order chi connectivity index (χ1) is 32.8. The number of hydrogen-bond donors (Lipinski definition) is 15. The maximum absolute atomic E-state index is 13.6. The van der Waals surface area contributed by atoms with Gasteiger partial charge in [-0.25, -0.2) is 0 Å². The van der Waals surface area contributed by atoms with Crippen molar-refractivity contribution in [2.24, 2.45) is 0 Å². The molecule has 0 heterocycles. The summed E-state index contributed by atoms with van der Waals surface area (Å²) in [5, 5.41) is 121. The van der Waals surface area contributed by atoms with Crippen LogP contribution in [0.2, 0.25) is 0 Å². The van der Waals surface area contributed by atoms with Crippen molar-refractivity contribution in [3.8, 4) is 0 Å². The topological polar surface area (TPSA) is 380 Å². The summed E-state index contributed by atoms with van der Waals surface area (Å²) in [5.74, 6) is -4.89. The molecule has 6 amide bonds. The first-order valence-corrected chi connectivity index (χ1v) is 23.0. The zero-order chi connectivity index (χ0) is 54.5. The molecule has 6 unspecified atom stereocenters. The monoisotopic (exact) mass is 999 g/mol. The summed E-state index contributed by atoms with van der Waals surface area (Å²) >= 11 is 0. The molecule has 70 heavy (non-hydrogen) atoms. The van der Waals surface area contributed by atoms with E-state index in [1.54, 1.807) is 0 Å². The molecular formula is C47H78N6O17. The molecule has 6 atom stereocenters. The van der Waals surface area contributed by atoms with E-state index in [4.69, 9.17) is 0 Å². The largest absolute Gasteiger partial charge is 0.394 e. The lowest BCUT2D eigenvalue weighted by molar-refractivity contribution is -0.117. The second-order valence-electron chi connectivity index (χ2n) is 16.0. The van der Waals surface area contributed by atoms with Crippen molar-refractivity contribution >= 4 is 46.8 Å². The number of carbonyl (C=O) groups excluding carboxylic acids is 6. The van der Waals surface area contributed by atoms with Gasteiger partial charge < -0.3 is 87.2 Å². The number of carbonyl (C=O) groups is 6. The number of rotatable bonds is 24. The molecule has 0 saturated carbocycles. The van der Waals surface area contributed by atoms with Crippen LogP contribution in [-0.2, 0) is 9.59 Å². The van der Waals surface area contributed by atoms with Crippen molar-refractivity contribution in [3.63, 3.8) is 0 Å². The highest BCUT2D eigenvalue weighted by atomic mass is 16.4. The second kappa shape index (κ2) is 31.2. The van der Waals surface area contributed by atoms with Gasteiger partial charge in [-0.2, -0.15) is 0 Å². The molecule has 2 rings (SSSR count). The molecular weight excluding hydrogens is 921 g/mol. The molecule has 0 spiro atoms. The molecule has 23 nitrogen and oxygen atoms in total. The van der Waals surface area contributed by atoms with Crippen LogP contribution >= 0.6 is 0 Å². The zero-order valence-electron chi connectivity index (χ0n) is 42.4. The number of hydrogen-bond acceptors (Lipinski definition) is 17. The van der Waals surface area contributed by atoms with Crippen molar-refractivity contribution in [2.75, 3.05) is 75.5 Å². The smallest absolute Gasteiger partial charge is 0.252 e. The Labute approximate surface area is 409 Å². The van der Waals surface area contributed by atoms with Gasteiger partial charge in [-0.15, -0.1) is 0 Å². The third-order valence-corrected chi connectivity index (χ3v) is 11.0. The summed E-state index contributed by atoms with van der Waals surface area (Å²) in [4.78, 5) is 83.3.